The molecule has 0 spiro atoms. The second kappa shape index (κ2) is 7.01. The van der Waals surface area contributed by atoms with Crippen molar-refractivity contribution >= 4 is 7.82 Å². The molecular formula is C18H29NO5P+. The monoisotopic (exact) mass is 370 g/mol. The summed E-state index contributed by atoms with van der Waals surface area (Å²) >= 11 is 0. The molecule has 25 heavy (non-hydrogen) atoms. The SMILES string of the molecule is CCC[N@+]1(COP(=O)(O)O)CCC[C@@H]2Cc3c(ccc(C)c3O)CC21. The van der Waals surface area contributed by atoms with E-state index in [9.17, 15) is 19.5 Å². The number of phenols is 1. The number of hydrogen-bond acceptors (Lipinski definition) is 3. The van der Waals surface area contributed by atoms with E-state index in [0.29, 0.717) is 16.2 Å². The predicted octanol–water partition coefficient (Wildman–Crippen LogP) is 2.87. The molecule has 1 fully saturated rings. The first-order valence-corrected chi connectivity index (χ1v) is 10.6. The zero-order valence-corrected chi connectivity index (χ0v) is 15.9. The second-order valence-corrected chi connectivity index (χ2v) is 8.90. The number of likely N-dealkylation sites (tertiary alicyclic amines) is 1. The molecule has 1 aromatic carbocycles. The molecule has 140 valence electrons. The Labute approximate surface area is 149 Å². The number of rotatable bonds is 5. The lowest BCUT2D eigenvalue weighted by molar-refractivity contribution is -0.973. The smallest absolute Gasteiger partial charge is 0.474 e. The highest BCUT2D eigenvalue weighted by Crippen LogP contribution is 2.44. The van der Waals surface area contributed by atoms with Crippen LogP contribution in [0.25, 0.3) is 0 Å². The number of aromatic hydroxyl groups is 1. The maximum Gasteiger partial charge on any atom is 0.474 e. The molecule has 1 saturated heterocycles. The van der Waals surface area contributed by atoms with E-state index in [-0.39, 0.29) is 12.8 Å². The number of piperidine rings is 1. The fraction of sp³-hybridized carbons (Fsp3) is 0.667. The Morgan fingerprint density at radius 3 is 2.76 bits per heavy atom. The summed E-state index contributed by atoms with van der Waals surface area (Å²) in [4.78, 5) is 18.4. The maximum absolute atomic E-state index is 11.3. The highest BCUT2D eigenvalue weighted by atomic mass is 31.2. The van der Waals surface area contributed by atoms with Gasteiger partial charge in [-0.2, -0.15) is 0 Å². The maximum atomic E-state index is 11.3. The van der Waals surface area contributed by atoms with Crippen molar-refractivity contribution in [2.24, 2.45) is 5.92 Å². The van der Waals surface area contributed by atoms with Crippen LogP contribution in [-0.2, 0) is 21.9 Å². The largest absolute Gasteiger partial charge is 0.507 e. The van der Waals surface area contributed by atoms with Gasteiger partial charge < -0.3 is 14.9 Å². The molecule has 1 aliphatic carbocycles. The number of fused-ring (bicyclic) bond motifs is 2. The molecule has 1 aromatic rings. The first-order chi connectivity index (χ1) is 11.8. The van der Waals surface area contributed by atoms with Crippen molar-refractivity contribution in [3.63, 3.8) is 0 Å². The minimum Gasteiger partial charge on any atom is -0.507 e. The van der Waals surface area contributed by atoms with Gasteiger partial charge in [0.05, 0.1) is 19.1 Å². The normalized spacial score (nSPS) is 29.1. The molecule has 0 saturated carbocycles. The molecule has 0 amide bonds. The van der Waals surface area contributed by atoms with Gasteiger partial charge >= 0.3 is 7.82 Å². The van der Waals surface area contributed by atoms with Crippen LogP contribution in [0.4, 0.5) is 0 Å². The topological polar surface area (TPSA) is 87.0 Å². The first-order valence-electron chi connectivity index (χ1n) is 9.12. The van der Waals surface area contributed by atoms with Crippen molar-refractivity contribution in [1.82, 2.24) is 0 Å². The Morgan fingerprint density at radius 2 is 2.08 bits per heavy atom. The quantitative estimate of drug-likeness (QED) is 0.548. The number of hydrogen-bond donors (Lipinski definition) is 3. The standard InChI is InChI=1S/C18H28NO5P/c1-3-8-19(12-24-25(21,22)23)9-4-5-15-10-16-14(11-17(15)19)7-6-13(2)18(16)20/h6-7,15,17H,3-5,8-12H2,1-2H3,(H2-,20,21,22,23)/p+1/t15-,17?,19-/m1/s1. The molecule has 6 nitrogen and oxygen atoms in total. The lowest BCUT2D eigenvalue weighted by Gasteiger charge is -2.52. The third-order valence-electron chi connectivity index (χ3n) is 6.05. The Balaban J connectivity index is 1.93. The van der Waals surface area contributed by atoms with Gasteiger partial charge in [-0.1, -0.05) is 19.1 Å². The zero-order valence-electron chi connectivity index (χ0n) is 15.0. The molecule has 3 N–H and O–H groups in total. The predicted molar refractivity (Wildman–Crippen MR) is 95.0 cm³/mol. The van der Waals surface area contributed by atoms with Gasteiger partial charge in [-0.05, 0) is 49.3 Å². The number of aryl methyl sites for hydroxylation is 1. The lowest BCUT2D eigenvalue weighted by atomic mass is 9.73. The van der Waals surface area contributed by atoms with Crippen LogP contribution < -0.4 is 0 Å². The van der Waals surface area contributed by atoms with Crippen molar-refractivity contribution in [1.29, 1.82) is 0 Å². The first kappa shape index (κ1) is 18.9. The highest BCUT2D eigenvalue weighted by molar-refractivity contribution is 7.46. The van der Waals surface area contributed by atoms with Gasteiger partial charge in [0.2, 0.25) is 0 Å². The van der Waals surface area contributed by atoms with E-state index in [1.54, 1.807) is 0 Å². The zero-order chi connectivity index (χ0) is 18.2. The van der Waals surface area contributed by atoms with Crippen LogP contribution in [0.5, 0.6) is 5.75 Å². The molecule has 3 atom stereocenters. The molecule has 0 bridgehead atoms. The fourth-order valence-corrected chi connectivity index (χ4v) is 5.29. The van der Waals surface area contributed by atoms with Crippen LogP contribution in [0, 0.1) is 12.8 Å². The summed E-state index contributed by atoms with van der Waals surface area (Å²) in [7, 11) is -4.48. The average Bonchev–Trinajstić information content (AvgIpc) is 2.56. The molecular weight excluding hydrogens is 341 g/mol. The second-order valence-electron chi connectivity index (χ2n) is 7.66. The number of benzene rings is 1. The van der Waals surface area contributed by atoms with E-state index in [2.05, 4.69) is 13.0 Å². The minimum absolute atomic E-state index is 0.0620. The fourth-order valence-electron chi connectivity index (χ4n) is 4.91. The highest BCUT2D eigenvalue weighted by Gasteiger charge is 2.48. The van der Waals surface area contributed by atoms with E-state index >= 15 is 0 Å². The molecule has 1 aliphatic heterocycles. The van der Waals surface area contributed by atoms with Crippen LogP contribution in [0.3, 0.4) is 0 Å². The van der Waals surface area contributed by atoms with Crippen LogP contribution in [0.15, 0.2) is 12.1 Å². The van der Waals surface area contributed by atoms with Crippen molar-refractivity contribution < 1.29 is 28.5 Å². The summed E-state index contributed by atoms with van der Waals surface area (Å²) in [5.74, 6) is 0.836. The summed E-state index contributed by atoms with van der Waals surface area (Å²) in [6.45, 7) is 5.84. The summed E-state index contributed by atoms with van der Waals surface area (Å²) in [5, 5.41) is 10.4. The summed E-state index contributed by atoms with van der Waals surface area (Å²) in [5.41, 5.74) is 3.14. The third-order valence-corrected chi connectivity index (χ3v) is 6.51. The van der Waals surface area contributed by atoms with Crippen LogP contribution in [0.2, 0.25) is 0 Å². The number of nitrogens with zero attached hydrogens (tertiary/aromatic N) is 1. The summed E-state index contributed by atoms with van der Waals surface area (Å²) < 4.78 is 16.9. The van der Waals surface area contributed by atoms with Crippen molar-refractivity contribution in [2.45, 2.75) is 52.0 Å². The van der Waals surface area contributed by atoms with Crippen LogP contribution in [-0.4, -0.2) is 45.2 Å². The van der Waals surface area contributed by atoms with E-state index in [1.807, 2.05) is 13.0 Å². The third kappa shape index (κ3) is 3.79. The molecule has 1 heterocycles. The molecule has 0 radical (unpaired) electrons. The van der Waals surface area contributed by atoms with E-state index < -0.39 is 7.82 Å². The molecule has 1 unspecified atom stereocenters. The van der Waals surface area contributed by atoms with E-state index in [1.165, 1.54) is 5.56 Å². The van der Waals surface area contributed by atoms with Gasteiger partial charge in [-0.3, -0.25) is 4.48 Å². The average molecular weight is 370 g/mol. The van der Waals surface area contributed by atoms with Gasteiger partial charge in [-0.15, -0.1) is 0 Å². The molecule has 0 aromatic heterocycles. The van der Waals surface area contributed by atoms with Crippen LogP contribution in [0.1, 0.15) is 42.9 Å². The van der Waals surface area contributed by atoms with Gasteiger partial charge in [0.1, 0.15) is 5.75 Å². The van der Waals surface area contributed by atoms with Crippen molar-refractivity contribution in [2.75, 3.05) is 19.8 Å². The lowest BCUT2D eigenvalue weighted by Crippen LogP contribution is -2.64. The Morgan fingerprint density at radius 1 is 1.32 bits per heavy atom. The van der Waals surface area contributed by atoms with Gasteiger partial charge in [0.25, 0.3) is 0 Å². The van der Waals surface area contributed by atoms with Crippen molar-refractivity contribution in [3.05, 3.63) is 28.8 Å². The number of phosphoric acid groups is 1. The summed E-state index contributed by atoms with van der Waals surface area (Å²) in [6, 6.07) is 4.34. The molecule has 2 aliphatic rings. The number of phosphoric ester groups is 1. The Kier molecular flexibility index (Phi) is 5.29. The summed E-state index contributed by atoms with van der Waals surface area (Å²) in [6.07, 6.45) is 4.73. The van der Waals surface area contributed by atoms with E-state index in [0.717, 1.165) is 56.3 Å². The molecule has 3 rings (SSSR count). The minimum atomic E-state index is -4.48. The van der Waals surface area contributed by atoms with Gasteiger partial charge in [-0.25, -0.2) is 9.09 Å². The van der Waals surface area contributed by atoms with Crippen LogP contribution >= 0.6 is 7.82 Å². The number of quaternary nitrogens is 1. The van der Waals surface area contributed by atoms with Gasteiger partial charge in [0, 0.05) is 12.3 Å². The number of phenolic OH excluding ortho intramolecular Hbond substituents is 1. The Hall–Kier alpha value is -0.910. The molecule has 7 heteroatoms. The Bertz CT molecular complexity index is 684. The van der Waals surface area contributed by atoms with E-state index in [4.69, 9.17) is 4.52 Å². The van der Waals surface area contributed by atoms with Gasteiger partial charge in [0.15, 0.2) is 6.73 Å². The van der Waals surface area contributed by atoms with Crippen molar-refractivity contribution in [3.8, 4) is 5.75 Å².